The monoisotopic (exact) mass is 458 g/mol. The van der Waals surface area contributed by atoms with Crippen molar-refractivity contribution in [3.63, 3.8) is 0 Å². The molecule has 31 heavy (non-hydrogen) atoms. The van der Waals surface area contributed by atoms with E-state index < -0.39 is 16.1 Å². The van der Waals surface area contributed by atoms with Crippen LogP contribution in [-0.4, -0.2) is 52.0 Å². The second-order valence-corrected chi connectivity index (χ2v) is 9.00. The molecule has 0 radical (unpaired) electrons. The van der Waals surface area contributed by atoms with E-state index in [4.69, 9.17) is 14.0 Å². The third-order valence-electron chi connectivity index (χ3n) is 4.72. The summed E-state index contributed by atoms with van der Waals surface area (Å²) in [5.74, 6) is -0.407. The zero-order chi connectivity index (χ0) is 23.1. The SMILES string of the molecule is COC(=O)CCCCOc1cccc(CCCCCCOS(C)(=O)=O)c1CCC(=O)O. The van der Waals surface area contributed by atoms with Crippen LogP contribution in [0.25, 0.3) is 0 Å². The van der Waals surface area contributed by atoms with Gasteiger partial charge in [0.05, 0.1) is 26.6 Å². The van der Waals surface area contributed by atoms with Crippen LogP contribution in [0.5, 0.6) is 5.75 Å². The molecule has 9 heteroatoms. The fraction of sp³-hybridized carbons (Fsp3) is 0.636. The number of carboxylic acid groups (broad SMARTS) is 1. The van der Waals surface area contributed by atoms with Crippen LogP contribution in [0, 0.1) is 0 Å². The molecule has 8 nitrogen and oxygen atoms in total. The van der Waals surface area contributed by atoms with E-state index in [1.165, 1.54) is 7.11 Å². The van der Waals surface area contributed by atoms with Gasteiger partial charge in [-0.15, -0.1) is 0 Å². The van der Waals surface area contributed by atoms with Crippen LogP contribution in [0.4, 0.5) is 0 Å². The minimum Gasteiger partial charge on any atom is -0.493 e. The number of methoxy groups -OCH3 is 1. The zero-order valence-electron chi connectivity index (χ0n) is 18.4. The summed E-state index contributed by atoms with van der Waals surface area (Å²) in [6.45, 7) is 0.642. The van der Waals surface area contributed by atoms with Gasteiger partial charge in [-0.3, -0.25) is 13.8 Å². The van der Waals surface area contributed by atoms with Gasteiger partial charge in [-0.2, -0.15) is 8.42 Å². The lowest BCUT2D eigenvalue weighted by molar-refractivity contribution is -0.140. The van der Waals surface area contributed by atoms with Crippen LogP contribution >= 0.6 is 0 Å². The van der Waals surface area contributed by atoms with Crippen molar-refractivity contribution in [2.45, 2.75) is 64.2 Å². The van der Waals surface area contributed by atoms with Crippen molar-refractivity contribution in [3.8, 4) is 5.75 Å². The van der Waals surface area contributed by atoms with E-state index in [9.17, 15) is 18.0 Å². The predicted molar refractivity (Wildman–Crippen MR) is 117 cm³/mol. The van der Waals surface area contributed by atoms with Crippen LogP contribution in [0.3, 0.4) is 0 Å². The average molecular weight is 459 g/mol. The van der Waals surface area contributed by atoms with Crippen molar-refractivity contribution in [2.75, 3.05) is 26.6 Å². The van der Waals surface area contributed by atoms with Crippen LogP contribution in [0.1, 0.15) is 62.5 Å². The second kappa shape index (κ2) is 14.8. The van der Waals surface area contributed by atoms with Crippen molar-refractivity contribution in [2.24, 2.45) is 0 Å². The molecule has 176 valence electrons. The zero-order valence-corrected chi connectivity index (χ0v) is 19.2. The summed E-state index contributed by atoms with van der Waals surface area (Å²) in [7, 11) is -2.02. The molecule has 1 aromatic carbocycles. The molecule has 0 heterocycles. The summed E-state index contributed by atoms with van der Waals surface area (Å²) < 4.78 is 37.1. The van der Waals surface area contributed by atoms with Gasteiger partial charge in [-0.1, -0.05) is 25.0 Å². The Morgan fingerprint density at radius 3 is 2.32 bits per heavy atom. The highest BCUT2D eigenvalue weighted by Gasteiger charge is 2.12. The normalized spacial score (nSPS) is 11.3. The maximum absolute atomic E-state index is 11.2. The summed E-state index contributed by atoms with van der Waals surface area (Å²) in [5.41, 5.74) is 1.99. The van der Waals surface area contributed by atoms with E-state index in [-0.39, 0.29) is 19.0 Å². The molecule has 0 bridgehead atoms. The maximum Gasteiger partial charge on any atom is 0.305 e. The maximum atomic E-state index is 11.2. The summed E-state index contributed by atoms with van der Waals surface area (Å²) in [6, 6.07) is 5.75. The Balaban J connectivity index is 2.56. The van der Waals surface area contributed by atoms with Gasteiger partial charge in [0.15, 0.2) is 0 Å². The smallest absolute Gasteiger partial charge is 0.305 e. The van der Waals surface area contributed by atoms with Gasteiger partial charge in [-0.25, -0.2) is 0 Å². The lowest BCUT2D eigenvalue weighted by Gasteiger charge is -2.15. The summed E-state index contributed by atoms with van der Waals surface area (Å²) >= 11 is 0. The Labute approximate surface area is 185 Å². The number of rotatable bonds is 17. The van der Waals surface area contributed by atoms with E-state index in [2.05, 4.69) is 4.74 Å². The third kappa shape index (κ3) is 13.0. The average Bonchev–Trinajstić information content (AvgIpc) is 2.70. The van der Waals surface area contributed by atoms with Crippen molar-refractivity contribution in [1.82, 2.24) is 0 Å². The molecule has 0 aliphatic heterocycles. The molecule has 0 aliphatic rings. The number of hydrogen-bond donors (Lipinski definition) is 1. The molecule has 0 amide bonds. The molecule has 1 N–H and O–H groups in total. The standard InChI is InChI=1S/C22H34O8S/c1-28-22(25)13-6-8-16-29-20-12-9-11-18(19(20)14-15-21(23)24)10-5-3-4-7-17-30-31(2,26)27/h9,11-12H,3-8,10,13-17H2,1-2H3,(H,23,24). The van der Waals surface area contributed by atoms with E-state index >= 15 is 0 Å². The number of esters is 1. The Morgan fingerprint density at radius 1 is 0.935 bits per heavy atom. The van der Waals surface area contributed by atoms with Gasteiger partial charge < -0.3 is 14.6 Å². The number of carboxylic acids is 1. The first-order chi connectivity index (χ1) is 14.7. The molecule has 1 rings (SSSR count). The molecule has 0 aliphatic carbocycles. The Morgan fingerprint density at radius 2 is 1.65 bits per heavy atom. The first-order valence-electron chi connectivity index (χ1n) is 10.6. The lowest BCUT2D eigenvalue weighted by atomic mass is 9.97. The third-order valence-corrected chi connectivity index (χ3v) is 5.31. The highest BCUT2D eigenvalue weighted by Crippen LogP contribution is 2.26. The van der Waals surface area contributed by atoms with E-state index in [1.54, 1.807) is 0 Å². The molecule has 0 saturated heterocycles. The van der Waals surface area contributed by atoms with E-state index in [0.29, 0.717) is 44.5 Å². The summed E-state index contributed by atoms with van der Waals surface area (Å²) in [4.78, 5) is 22.2. The molecular formula is C22H34O8S. The van der Waals surface area contributed by atoms with Gasteiger partial charge in [0.1, 0.15) is 5.75 Å². The number of hydrogen-bond acceptors (Lipinski definition) is 7. The summed E-state index contributed by atoms with van der Waals surface area (Å²) in [6.07, 6.45) is 7.33. The van der Waals surface area contributed by atoms with Crippen LogP contribution in [-0.2, 0) is 41.5 Å². The van der Waals surface area contributed by atoms with Gasteiger partial charge >= 0.3 is 11.9 Å². The number of benzene rings is 1. The largest absolute Gasteiger partial charge is 0.493 e. The lowest BCUT2D eigenvalue weighted by Crippen LogP contribution is -2.07. The fourth-order valence-electron chi connectivity index (χ4n) is 3.13. The van der Waals surface area contributed by atoms with Gasteiger partial charge in [-0.05, 0) is 55.7 Å². The minimum atomic E-state index is -3.39. The second-order valence-electron chi connectivity index (χ2n) is 7.36. The number of aliphatic carboxylic acids is 1. The first-order valence-corrected chi connectivity index (χ1v) is 12.4. The minimum absolute atomic E-state index is 0.0263. The number of carbonyl (C=O) groups excluding carboxylic acids is 1. The molecule has 1 aromatic rings. The van der Waals surface area contributed by atoms with Crippen molar-refractivity contribution in [3.05, 3.63) is 29.3 Å². The van der Waals surface area contributed by atoms with E-state index in [0.717, 1.165) is 43.1 Å². The predicted octanol–water partition coefficient (Wildman–Crippen LogP) is 3.51. The molecule has 0 fully saturated rings. The van der Waals surface area contributed by atoms with Crippen LogP contribution in [0.2, 0.25) is 0 Å². The highest BCUT2D eigenvalue weighted by atomic mass is 32.2. The number of aryl methyl sites for hydroxylation is 1. The fourth-order valence-corrected chi connectivity index (χ4v) is 3.55. The van der Waals surface area contributed by atoms with Gasteiger partial charge in [0.25, 0.3) is 10.1 Å². The van der Waals surface area contributed by atoms with Gasteiger partial charge in [0, 0.05) is 12.8 Å². The number of ether oxygens (including phenoxy) is 2. The molecule has 0 saturated carbocycles. The molecule has 0 spiro atoms. The first kappa shape index (κ1) is 26.9. The highest BCUT2D eigenvalue weighted by molar-refractivity contribution is 7.85. The summed E-state index contributed by atoms with van der Waals surface area (Å²) in [5, 5.41) is 9.09. The Kier molecular flexibility index (Phi) is 12.8. The van der Waals surface area contributed by atoms with Gasteiger partial charge in [0.2, 0.25) is 0 Å². The van der Waals surface area contributed by atoms with Crippen LogP contribution in [0.15, 0.2) is 18.2 Å². The molecule has 0 aromatic heterocycles. The van der Waals surface area contributed by atoms with Crippen molar-refractivity contribution in [1.29, 1.82) is 0 Å². The quantitative estimate of drug-likeness (QED) is 0.214. The number of carbonyl (C=O) groups is 2. The molecule has 0 unspecified atom stereocenters. The Hall–Kier alpha value is -2.13. The molecular weight excluding hydrogens is 424 g/mol. The molecule has 0 atom stereocenters. The van der Waals surface area contributed by atoms with Crippen LogP contribution < -0.4 is 4.74 Å². The van der Waals surface area contributed by atoms with E-state index in [1.807, 2.05) is 18.2 Å². The van der Waals surface area contributed by atoms with Crippen molar-refractivity contribution >= 4 is 22.1 Å². The topological polar surface area (TPSA) is 116 Å². The van der Waals surface area contributed by atoms with Crippen molar-refractivity contribution < 1.29 is 36.8 Å². The number of unbranched alkanes of at least 4 members (excludes halogenated alkanes) is 4. The Bertz CT molecular complexity index is 789.